The van der Waals surface area contributed by atoms with E-state index < -0.39 is 0 Å². The highest BCUT2D eigenvalue weighted by atomic mass is 15.4. The Bertz CT molecular complexity index is 507. The Morgan fingerprint density at radius 2 is 1.52 bits per heavy atom. The van der Waals surface area contributed by atoms with Crippen LogP contribution >= 0.6 is 0 Å². The Hall–Kier alpha value is -1.16. The molecule has 1 saturated carbocycles. The highest BCUT2D eigenvalue weighted by molar-refractivity contribution is 5.38. The molecule has 23 heavy (non-hydrogen) atoms. The van der Waals surface area contributed by atoms with E-state index in [1.807, 2.05) is 0 Å². The first-order valence-corrected chi connectivity index (χ1v) is 9.56. The van der Waals surface area contributed by atoms with Crippen LogP contribution in [0.5, 0.6) is 0 Å². The summed E-state index contributed by atoms with van der Waals surface area (Å²) >= 11 is 0. The third-order valence-electron chi connectivity index (χ3n) is 6.21. The van der Waals surface area contributed by atoms with Gasteiger partial charge in [-0.05, 0) is 51.0 Å². The topological polar surface area (TPSA) is 32.3 Å². The lowest BCUT2D eigenvalue weighted by atomic mass is 9.85. The molecular weight excluding hydrogens is 284 g/mol. The number of fused-ring (bicyclic) bond motifs is 2. The van der Waals surface area contributed by atoms with Crippen molar-refractivity contribution in [3.05, 3.63) is 18.0 Å². The van der Waals surface area contributed by atoms with Gasteiger partial charge in [-0.15, -0.1) is 0 Å². The van der Waals surface area contributed by atoms with Crippen molar-refractivity contribution in [2.45, 2.75) is 82.8 Å². The fourth-order valence-electron chi connectivity index (χ4n) is 4.80. The second kappa shape index (κ2) is 6.39. The fraction of sp³-hybridized carbons (Fsp3) is 0.789. The molecule has 0 N–H and O–H groups in total. The van der Waals surface area contributed by atoms with Gasteiger partial charge in [-0.1, -0.05) is 19.3 Å². The lowest BCUT2D eigenvalue weighted by Crippen LogP contribution is -2.56. The van der Waals surface area contributed by atoms with Crippen molar-refractivity contribution >= 4 is 5.95 Å². The van der Waals surface area contributed by atoms with E-state index in [2.05, 4.69) is 36.0 Å². The smallest absolute Gasteiger partial charge is 0.225 e. The summed E-state index contributed by atoms with van der Waals surface area (Å²) < 4.78 is 0. The number of hydrogen-bond acceptors (Lipinski definition) is 4. The molecular formula is C19H30N4. The zero-order valence-electron chi connectivity index (χ0n) is 14.6. The average molecular weight is 314 g/mol. The number of anilines is 1. The molecule has 3 fully saturated rings. The molecule has 4 heteroatoms. The van der Waals surface area contributed by atoms with Crippen LogP contribution in [-0.4, -0.2) is 46.1 Å². The zero-order valence-corrected chi connectivity index (χ0v) is 14.6. The third-order valence-corrected chi connectivity index (χ3v) is 6.21. The van der Waals surface area contributed by atoms with Gasteiger partial charge in [0.2, 0.25) is 5.95 Å². The van der Waals surface area contributed by atoms with Gasteiger partial charge in [-0.25, -0.2) is 9.97 Å². The quantitative estimate of drug-likeness (QED) is 0.853. The van der Waals surface area contributed by atoms with Gasteiger partial charge < -0.3 is 4.90 Å². The fourth-order valence-corrected chi connectivity index (χ4v) is 4.80. The van der Waals surface area contributed by atoms with E-state index in [-0.39, 0.29) is 0 Å². The lowest BCUT2D eigenvalue weighted by Gasteiger charge is -2.42. The Labute approximate surface area is 140 Å². The standard InChI is InChI=1S/C19H30N4/c1-14(2)22-12-17-8-9-18(13-22)23(17)19-20-10-16(11-21-19)15-6-4-3-5-7-15/h10-11,14-15,17-18H,3-9,12-13H2,1-2H3. The number of likely N-dealkylation sites (tertiary alicyclic amines) is 1. The van der Waals surface area contributed by atoms with Crippen molar-refractivity contribution in [2.24, 2.45) is 0 Å². The predicted octanol–water partition coefficient (Wildman–Crippen LogP) is 3.59. The normalized spacial score (nSPS) is 29.4. The minimum atomic E-state index is 0.608. The molecule has 2 saturated heterocycles. The number of piperazine rings is 1. The molecule has 4 nitrogen and oxygen atoms in total. The maximum absolute atomic E-state index is 4.78. The summed E-state index contributed by atoms with van der Waals surface area (Å²) in [4.78, 5) is 14.7. The largest absolute Gasteiger partial charge is 0.332 e. The molecule has 3 heterocycles. The summed E-state index contributed by atoms with van der Waals surface area (Å²) in [6.07, 6.45) is 13.6. The first-order chi connectivity index (χ1) is 11.2. The van der Waals surface area contributed by atoms with Gasteiger partial charge in [0, 0.05) is 43.6 Å². The van der Waals surface area contributed by atoms with E-state index in [0.29, 0.717) is 24.0 Å². The first-order valence-electron chi connectivity index (χ1n) is 9.56. The van der Waals surface area contributed by atoms with E-state index >= 15 is 0 Å². The van der Waals surface area contributed by atoms with Crippen LogP contribution in [0.1, 0.15) is 70.3 Å². The van der Waals surface area contributed by atoms with Crippen molar-refractivity contribution < 1.29 is 0 Å². The van der Waals surface area contributed by atoms with Crippen LogP contribution in [-0.2, 0) is 0 Å². The molecule has 0 spiro atoms. The molecule has 0 aromatic carbocycles. The molecule has 1 aliphatic carbocycles. The van der Waals surface area contributed by atoms with Gasteiger partial charge in [-0.2, -0.15) is 0 Å². The minimum absolute atomic E-state index is 0.608. The molecule has 126 valence electrons. The van der Waals surface area contributed by atoms with Crippen LogP contribution in [0.2, 0.25) is 0 Å². The third kappa shape index (κ3) is 2.98. The number of rotatable bonds is 3. The van der Waals surface area contributed by atoms with Crippen LogP contribution in [0.3, 0.4) is 0 Å². The molecule has 2 bridgehead atoms. The second-order valence-electron chi connectivity index (χ2n) is 7.99. The van der Waals surface area contributed by atoms with Crippen LogP contribution in [0, 0.1) is 0 Å². The molecule has 2 atom stereocenters. The molecule has 4 rings (SSSR count). The molecule has 1 aromatic heterocycles. The molecule has 3 aliphatic rings. The van der Waals surface area contributed by atoms with Gasteiger partial charge in [0.25, 0.3) is 0 Å². The van der Waals surface area contributed by atoms with Crippen molar-refractivity contribution in [1.29, 1.82) is 0 Å². The monoisotopic (exact) mass is 314 g/mol. The summed E-state index contributed by atoms with van der Waals surface area (Å²) in [5, 5.41) is 0. The lowest BCUT2D eigenvalue weighted by molar-refractivity contribution is 0.176. The van der Waals surface area contributed by atoms with Crippen LogP contribution in [0.25, 0.3) is 0 Å². The van der Waals surface area contributed by atoms with E-state index in [1.54, 1.807) is 0 Å². The SMILES string of the molecule is CC(C)N1CC2CCC(C1)N2c1ncc(C2CCCCC2)cn1. The van der Waals surface area contributed by atoms with E-state index in [9.17, 15) is 0 Å². The summed E-state index contributed by atoms with van der Waals surface area (Å²) in [5.41, 5.74) is 1.36. The van der Waals surface area contributed by atoms with Crippen LogP contribution < -0.4 is 4.90 Å². The number of hydrogen-bond donors (Lipinski definition) is 0. The van der Waals surface area contributed by atoms with Crippen molar-refractivity contribution in [1.82, 2.24) is 14.9 Å². The Kier molecular flexibility index (Phi) is 4.27. The highest BCUT2D eigenvalue weighted by Gasteiger charge is 2.41. The van der Waals surface area contributed by atoms with Gasteiger partial charge in [0.1, 0.15) is 0 Å². The Morgan fingerprint density at radius 1 is 0.913 bits per heavy atom. The molecule has 2 unspecified atom stereocenters. The summed E-state index contributed by atoms with van der Waals surface area (Å²) in [5.74, 6) is 1.67. The maximum Gasteiger partial charge on any atom is 0.225 e. The van der Waals surface area contributed by atoms with Gasteiger partial charge in [0.05, 0.1) is 0 Å². The van der Waals surface area contributed by atoms with Crippen molar-refractivity contribution in [2.75, 3.05) is 18.0 Å². The minimum Gasteiger partial charge on any atom is -0.332 e. The summed E-state index contributed by atoms with van der Waals surface area (Å²) in [6.45, 7) is 6.96. The molecule has 1 aromatic rings. The average Bonchev–Trinajstić information content (AvgIpc) is 2.85. The second-order valence-corrected chi connectivity index (χ2v) is 7.99. The van der Waals surface area contributed by atoms with Crippen LogP contribution in [0.4, 0.5) is 5.95 Å². The number of nitrogens with zero attached hydrogens (tertiary/aromatic N) is 4. The van der Waals surface area contributed by atoms with Gasteiger partial charge in [-0.3, -0.25) is 4.90 Å². The summed E-state index contributed by atoms with van der Waals surface area (Å²) in [6, 6.07) is 1.86. The van der Waals surface area contributed by atoms with Gasteiger partial charge >= 0.3 is 0 Å². The molecule has 0 radical (unpaired) electrons. The maximum atomic E-state index is 4.78. The van der Waals surface area contributed by atoms with Crippen molar-refractivity contribution in [3.8, 4) is 0 Å². The van der Waals surface area contributed by atoms with E-state index in [4.69, 9.17) is 9.97 Å². The van der Waals surface area contributed by atoms with E-state index in [1.165, 1.54) is 63.6 Å². The van der Waals surface area contributed by atoms with E-state index in [0.717, 1.165) is 5.95 Å². The first kappa shape index (κ1) is 15.4. The predicted molar refractivity (Wildman–Crippen MR) is 93.9 cm³/mol. The summed E-state index contributed by atoms with van der Waals surface area (Å²) in [7, 11) is 0. The Balaban J connectivity index is 1.48. The zero-order chi connectivity index (χ0) is 15.8. The highest BCUT2D eigenvalue weighted by Crippen LogP contribution is 2.35. The number of aromatic nitrogens is 2. The van der Waals surface area contributed by atoms with Crippen molar-refractivity contribution in [3.63, 3.8) is 0 Å². The van der Waals surface area contributed by atoms with Gasteiger partial charge in [0.15, 0.2) is 0 Å². The van der Waals surface area contributed by atoms with Crippen LogP contribution in [0.15, 0.2) is 12.4 Å². The Morgan fingerprint density at radius 3 is 2.09 bits per heavy atom. The molecule has 2 aliphatic heterocycles. The molecule has 0 amide bonds.